The van der Waals surface area contributed by atoms with Gasteiger partial charge in [-0.1, -0.05) is 160 Å². The molecule has 0 heterocycles. The number of carbonyl (C=O) groups is 16. The van der Waals surface area contributed by atoms with E-state index in [2.05, 4.69) is 57.0 Å². The molecule has 706 valence electrons. The molecule has 6 aromatic rings. The van der Waals surface area contributed by atoms with Gasteiger partial charge in [-0.3, -0.25) is 76.7 Å². The Morgan fingerprint density at radius 2 is 0.485 bits per heavy atom. The predicted octanol–water partition coefficient (Wildman–Crippen LogP) is 17.9. The topological polar surface area (TPSA) is 459 Å². The number of rotatable bonds is 52. The number of unbranched alkanes of at least 4 members (excludes halogenated alkanes) is 20. The van der Waals surface area contributed by atoms with Crippen LogP contribution in [0.2, 0.25) is 0 Å². The summed E-state index contributed by atoms with van der Waals surface area (Å²) in [4.78, 5) is 187. The number of Topliss-reactive ketones (excluding diaryl/α,β-unsaturated/α-hetero) is 8. The van der Waals surface area contributed by atoms with E-state index >= 15 is 0 Å². The summed E-state index contributed by atoms with van der Waals surface area (Å²) in [5, 5.41) is 31.0. The van der Waals surface area contributed by atoms with E-state index in [1.54, 1.807) is 60.7 Å². The molecule has 1 atom stereocenters. The van der Waals surface area contributed by atoms with Crippen molar-refractivity contribution >= 4 is 144 Å². The zero-order valence-corrected chi connectivity index (χ0v) is 80.0. The van der Waals surface area contributed by atoms with Crippen LogP contribution in [0.25, 0.3) is 0 Å². The third-order valence-electron chi connectivity index (χ3n) is 19.7. The first-order valence-corrected chi connectivity index (χ1v) is 45.0. The largest absolute Gasteiger partial charge is 1.00 e. The van der Waals surface area contributed by atoms with Crippen LogP contribution in [0, 0.1) is 0 Å². The number of hydrogen-bond acceptors (Lipinski definition) is 21. The maximum atomic E-state index is 12.2. The molecule has 10 N–H and O–H groups in total. The number of hydrogen-bond donors (Lipinski definition) is 8. The molecule has 0 saturated heterocycles. The Morgan fingerprint density at radius 3 is 0.646 bits per heavy atom. The Morgan fingerprint density at radius 1 is 0.308 bits per heavy atom. The number of nitrogens with two attached hydrogens (primary N) is 1. The summed E-state index contributed by atoms with van der Waals surface area (Å²) in [5.74, 6) is -3.46. The van der Waals surface area contributed by atoms with E-state index in [0.29, 0.717) is 125 Å². The number of carboxylic acids is 2. The Kier molecular flexibility index (Phi) is 71.9. The van der Waals surface area contributed by atoms with Gasteiger partial charge in [-0.05, 0) is 223 Å². The summed E-state index contributed by atoms with van der Waals surface area (Å²) < 4.78 is 13.4. The quantitative estimate of drug-likeness (QED) is 0.00439. The maximum Gasteiger partial charge on any atom is 1.00 e. The summed E-state index contributed by atoms with van der Waals surface area (Å²) in [5.41, 5.74) is 12.1. The molecule has 31 heteroatoms. The number of ketones is 8. The zero-order chi connectivity index (χ0) is 96.2. The van der Waals surface area contributed by atoms with E-state index < -0.39 is 11.9 Å². The van der Waals surface area contributed by atoms with Crippen LogP contribution in [0.15, 0.2) is 133 Å². The van der Waals surface area contributed by atoms with Crippen LogP contribution in [-0.2, 0) is 47.8 Å². The average molecular weight is 1810 g/mol. The molecule has 0 bridgehead atoms. The van der Waals surface area contributed by atoms with Crippen LogP contribution in [0.3, 0.4) is 0 Å². The van der Waals surface area contributed by atoms with Gasteiger partial charge in [-0.15, -0.1) is 0 Å². The Balaban J connectivity index is -0.00000155. The van der Waals surface area contributed by atoms with Gasteiger partial charge in [0.2, 0.25) is 29.5 Å². The van der Waals surface area contributed by atoms with Gasteiger partial charge in [0.05, 0.1) is 7.11 Å². The number of methoxy groups -OCH3 is 1. The number of carboxylic acid groups (broad SMARTS) is 2. The Labute approximate surface area is 783 Å². The molecule has 130 heavy (non-hydrogen) atoms. The fourth-order valence-corrected chi connectivity index (χ4v) is 12.4. The van der Waals surface area contributed by atoms with Gasteiger partial charge >= 0.3 is 57.5 Å². The third-order valence-corrected chi connectivity index (χ3v) is 19.7. The van der Waals surface area contributed by atoms with Gasteiger partial charge in [0, 0.05) is 130 Å². The zero-order valence-electron chi connectivity index (χ0n) is 78.8. The van der Waals surface area contributed by atoms with Crippen molar-refractivity contribution in [2.24, 2.45) is 0 Å². The van der Waals surface area contributed by atoms with Crippen molar-refractivity contribution in [2.45, 2.75) is 282 Å². The molecular formula is C99H140BLiN7O21P. The smallest absolute Gasteiger partial charge is 0.870 e. The minimum atomic E-state index is -0.761. The normalized spacial score (nSPS) is 9.95. The number of ether oxygens (including phenoxy) is 1. The van der Waals surface area contributed by atoms with Crippen molar-refractivity contribution in [1.82, 2.24) is 4.90 Å². The molecule has 0 aliphatic carbocycles. The summed E-state index contributed by atoms with van der Waals surface area (Å²) in [6, 6.07) is 37.8. The number of carbonyl (C=O) groups excluding carboxylic acids is 14. The second kappa shape index (κ2) is 75.8. The number of nitrogen functional groups attached to an aromatic ring is 1. The number of nitrogens with zero attached hydrogens (tertiary/aromatic N) is 1. The molecule has 0 aliphatic heterocycles. The SMILES string of the molecule is CC(=O)c1cc(NC(=O)CCCCCCCCC(=O)Nc2ccccc2)cc(C(C)=O)c1.CC(=O)c1cc(NC(=O)CCCCCCCCC(=O)O)cc(C(C)=O)c1.CC(=O)c1cc(NC(=O)CCCCCCCCC(=O)O)cc(C(C)=O)c1.CCN(CC)CC.COC(=O)CCCCCCCCC(=O)Nc1cc(C(C)=O)cc(C(C)=O)c1.Nc1ccccc1.O=BP.[Li+].[OH-]. The van der Waals surface area contributed by atoms with E-state index in [9.17, 15) is 76.7 Å². The first-order chi connectivity index (χ1) is 60.9. The van der Waals surface area contributed by atoms with E-state index in [0.717, 1.165) is 153 Å². The second-order valence-corrected chi connectivity index (χ2v) is 31.0. The van der Waals surface area contributed by atoms with Crippen molar-refractivity contribution in [3.63, 3.8) is 0 Å². The summed E-state index contributed by atoms with van der Waals surface area (Å²) in [6.45, 7) is 22.2. The van der Waals surface area contributed by atoms with Gasteiger partial charge < -0.3 is 57.6 Å². The van der Waals surface area contributed by atoms with Crippen LogP contribution in [0.5, 0.6) is 0 Å². The van der Waals surface area contributed by atoms with Crippen molar-refractivity contribution in [2.75, 3.05) is 59.1 Å². The number of esters is 1. The average Bonchev–Trinajstić information content (AvgIpc) is 0.859. The fourth-order valence-electron chi connectivity index (χ4n) is 12.4. The first kappa shape index (κ1) is 123. The number of para-hydroxylation sites is 2. The molecule has 0 aromatic heterocycles. The minimum Gasteiger partial charge on any atom is -0.870 e. The van der Waals surface area contributed by atoms with Gasteiger partial charge in [-0.25, -0.2) is 0 Å². The Bertz CT molecular complexity index is 4240. The van der Waals surface area contributed by atoms with Crippen LogP contribution in [-0.4, -0.2) is 148 Å². The van der Waals surface area contributed by atoms with Crippen LogP contribution in [0.4, 0.5) is 34.1 Å². The molecular weight excluding hydrogens is 1670 g/mol. The van der Waals surface area contributed by atoms with Gasteiger partial charge in [0.15, 0.2) is 46.3 Å². The van der Waals surface area contributed by atoms with Crippen molar-refractivity contribution in [3.8, 4) is 0 Å². The van der Waals surface area contributed by atoms with E-state index in [-0.39, 0.29) is 119 Å². The number of benzene rings is 6. The second-order valence-electron chi connectivity index (χ2n) is 30.8. The molecule has 0 spiro atoms. The monoisotopic (exact) mass is 1810 g/mol. The van der Waals surface area contributed by atoms with Crippen LogP contribution in [0.1, 0.15) is 364 Å². The maximum absolute atomic E-state index is 12.2. The first-order valence-electron chi connectivity index (χ1n) is 44.3. The molecule has 28 nitrogen and oxygen atoms in total. The van der Waals surface area contributed by atoms with Crippen molar-refractivity contribution < 1.29 is 121 Å². The van der Waals surface area contributed by atoms with Gasteiger partial charge in [-0.2, -0.15) is 0 Å². The fraction of sp³-hybridized carbons (Fsp3) is 0.475. The number of amides is 5. The molecule has 0 saturated carbocycles. The van der Waals surface area contributed by atoms with Crippen molar-refractivity contribution in [3.05, 3.63) is 178 Å². The van der Waals surface area contributed by atoms with E-state index in [1.807, 2.05) is 69.8 Å². The molecule has 0 fully saturated rings. The van der Waals surface area contributed by atoms with E-state index in [4.69, 9.17) is 20.7 Å². The molecule has 1 unspecified atom stereocenters. The summed E-state index contributed by atoms with van der Waals surface area (Å²) in [6.07, 6.45) is 24.5. The number of nitrogens with one attached hydrogen (secondary N) is 5. The van der Waals surface area contributed by atoms with Gasteiger partial charge in [0.25, 0.3) is 0 Å². The van der Waals surface area contributed by atoms with Gasteiger partial charge in [0.1, 0.15) is 0 Å². The molecule has 6 rings (SSSR count). The van der Waals surface area contributed by atoms with Crippen molar-refractivity contribution in [1.29, 1.82) is 0 Å². The number of aliphatic carboxylic acids is 2. The summed E-state index contributed by atoms with van der Waals surface area (Å²) in [7, 11) is 3.29. The van der Waals surface area contributed by atoms with Crippen LogP contribution < -0.4 is 51.2 Å². The molecule has 0 radical (unpaired) electrons. The van der Waals surface area contributed by atoms with E-state index in [1.165, 1.54) is 94.3 Å². The standard InChI is InChI=1S/C26H32N2O4.C21H29NO5.2C20H27NO5.C6H7N.C6H15N.BH2OP.Li.H2O/c1-19(29)21-16-22(20(2)30)18-24(17-21)28-26(32)15-11-6-4-3-5-10-14-25(31)27-23-12-8-7-9-13-23;1-15(23)17-12-18(16(2)24)14-19(13-17)22-20(25)10-8-6-4-5-7-9-11-21(26)27-3;2*1-14(22)16-11-17(15(2)23)13-18(12-16)21-19(24)9-7-5-3-4-6-8-10-20(25)26;7-6-4-2-1-3-5-6;1-4-7(5-2)6-3;2-1-3;;/h7-9,12-13,16-18H,3-6,10-11,14-15H2,1-2H3,(H,27,31)(H,28,32);12-14H,4-11H2,1-3H3,(H,22,25);2*11-13H,3-10H2,1-2H3,(H,21,24)(H,25,26);1-5H,7H2;4-6H2,1-3H3;3H2;;1H2/q;;;;;;;+1;/p-1. The summed E-state index contributed by atoms with van der Waals surface area (Å²) >= 11 is 0. The molecule has 5 amide bonds. The Hall–Kier alpha value is -10.9. The minimum absolute atomic E-state index is 0. The third kappa shape index (κ3) is 63.9. The number of anilines is 6. The van der Waals surface area contributed by atoms with Crippen LogP contribution >= 0.6 is 9.12 Å². The predicted molar refractivity (Wildman–Crippen MR) is 513 cm³/mol. The molecule has 6 aromatic carbocycles. The molecule has 0 aliphatic rings.